The summed E-state index contributed by atoms with van der Waals surface area (Å²) in [5, 5.41) is 5.28. The second kappa shape index (κ2) is 8.08. The molecule has 1 aliphatic heterocycles. The van der Waals surface area contributed by atoms with Crippen molar-refractivity contribution in [2.75, 3.05) is 36.0 Å². The first-order valence-corrected chi connectivity index (χ1v) is 8.94. The second-order valence-electron chi connectivity index (χ2n) is 5.82. The lowest BCUT2D eigenvalue weighted by molar-refractivity contribution is 0.653. The molecule has 0 radical (unpaired) electrons. The highest BCUT2D eigenvalue weighted by Crippen LogP contribution is 2.23. The van der Waals surface area contributed by atoms with Gasteiger partial charge in [-0.3, -0.25) is 5.14 Å². The number of benzene rings is 2. The Morgan fingerprint density at radius 2 is 1.42 bits per heavy atom. The van der Waals surface area contributed by atoms with E-state index in [1.807, 2.05) is 12.1 Å². The molecular weight excluding hydrogens is 318 g/mol. The van der Waals surface area contributed by atoms with Gasteiger partial charge in [-0.1, -0.05) is 17.7 Å². The predicted molar refractivity (Wildman–Crippen MR) is 105 cm³/mol. The standard InChI is InChI=1S/C18H23N5S/c1-15-2-6-17(7-3-15)22-10-12-23(13-11-22)18-8-4-16(5-9-18)20-14-21-24-19/h2-9,14H,10-13,19H2,1H3,(H,20,21). The highest BCUT2D eigenvalue weighted by molar-refractivity contribution is 7.95. The number of anilines is 2. The molecular formula is C18H23N5S. The molecule has 0 spiro atoms. The fraction of sp³-hybridized carbons (Fsp3) is 0.278. The average Bonchev–Trinajstić information content (AvgIpc) is 2.63. The molecule has 3 N–H and O–H groups in total. The fourth-order valence-corrected chi connectivity index (χ4v) is 2.97. The number of piperazine rings is 1. The number of aliphatic imine (C=N–C) groups is 1. The largest absolute Gasteiger partial charge is 0.368 e. The second-order valence-corrected chi connectivity index (χ2v) is 6.29. The monoisotopic (exact) mass is 341 g/mol. The lowest BCUT2D eigenvalue weighted by Crippen LogP contribution is -2.46. The van der Waals surface area contributed by atoms with Crippen molar-refractivity contribution >= 4 is 35.5 Å². The highest BCUT2D eigenvalue weighted by atomic mass is 32.2. The number of nitrogens with zero attached hydrogens (tertiary/aromatic N) is 3. The summed E-state index contributed by atoms with van der Waals surface area (Å²) in [5.41, 5.74) is 4.79. The quantitative estimate of drug-likeness (QED) is 0.497. The summed E-state index contributed by atoms with van der Waals surface area (Å²) in [5.74, 6) is 0. The topological polar surface area (TPSA) is 56.9 Å². The smallest absolute Gasteiger partial charge is 0.0995 e. The van der Waals surface area contributed by atoms with E-state index in [0.717, 1.165) is 44.0 Å². The molecule has 1 saturated heterocycles. The maximum atomic E-state index is 5.28. The maximum Gasteiger partial charge on any atom is 0.0995 e. The van der Waals surface area contributed by atoms with Gasteiger partial charge >= 0.3 is 0 Å². The van der Waals surface area contributed by atoms with Crippen LogP contribution in [0.25, 0.3) is 0 Å². The predicted octanol–water partition coefficient (Wildman–Crippen LogP) is 3.09. The Hall–Kier alpha value is -2.18. The van der Waals surface area contributed by atoms with Crippen molar-refractivity contribution in [1.29, 1.82) is 0 Å². The van der Waals surface area contributed by atoms with Crippen molar-refractivity contribution in [2.24, 2.45) is 10.1 Å². The molecule has 6 heteroatoms. The molecule has 24 heavy (non-hydrogen) atoms. The first kappa shape index (κ1) is 16.7. The van der Waals surface area contributed by atoms with Gasteiger partial charge in [-0.25, -0.2) is 4.99 Å². The van der Waals surface area contributed by atoms with Crippen molar-refractivity contribution in [3.8, 4) is 0 Å². The molecule has 1 aliphatic rings. The minimum absolute atomic E-state index is 0.915. The van der Waals surface area contributed by atoms with E-state index in [1.54, 1.807) is 6.34 Å². The fourth-order valence-electron chi connectivity index (χ4n) is 2.86. The Bertz CT molecular complexity index is 661. The van der Waals surface area contributed by atoms with Crippen molar-refractivity contribution in [3.05, 3.63) is 54.1 Å². The van der Waals surface area contributed by atoms with Gasteiger partial charge in [0.2, 0.25) is 0 Å². The zero-order chi connectivity index (χ0) is 16.8. The van der Waals surface area contributed by atoms with Crippen molar-refractivity contribution in [2.45, 2.75) is 6.92 Å². The molecule has 0 saturated carbocycles. The molecule has 0 unspecified atom stereocenters. The number of aryl methyl sites for hydroxylation is 1. The van der Waals surface area contributed by atoms with Crippen LogP contribution < -0.4 is 19.7 Å². The van der Waals surface area contributed by atoms with Gasteiger partial charge in [-0.2, -0.15) is 0 Å². The van der Waals surface area contributed by atoms with Gasteiger partial charge in [0, 0.05) is 49.7 Å². The van der Waals surface area contributed by atoms with Gasteiger partial charge in [-0.15, -0.1) is 0 Å². The Kier molecular flexibility index (Phi) is 5.61. The molecule has 5 nitrogen and oxygen atoms in total. The van der Waals surface area contributed by atoms with Crippen LogP contribution in [0.1, 0.15) is 5.56 Å². The summed E-state index contributed by atoms with van der Waals surface area (Å²) in [7, 11) is 0. The molecule has 1 heterocycles. The van der Waals surface area contributed by atoms with Crippen molar-refractivity contribution in [3.63, 3.8) is 0 Å². The summed E-state index contributed by atoms with van der Waals surface area (Å²) in [6, 6.07) is 17.1. The number of nitrogens with two attached hydrogens (primary N) is 1. The van der Waals surface area contributed by atoms with Crippen LogP contribution in [0.3, 0.4) is 0 Å². The van der Waals surface area contributed by atoms with Gasteiger partial charge in [0.15, 0.2) is 0 Å². The van der Waals surface area contributed by atoms with Gasteiger partial charge in [0.05, 0.1) is 12.0 Å². The van der Waals surface area contributed by atoms with Crippen LogP contribution in [0.2, 0.25) is 0 Å². The SMILES string of the molecule is Cc1ccc(N2CCN(c3ccc(N=CNSN)cc3)CC2)cc1. The lowest BCUT2D eigenvalue weighted by atomic mass is 10.2. The summed E-state index contributed by atoms with van der Waals surface area (Å²) < 4.78 is 2.79. The Morgan fingerprint density at radius 1 is 0.917 bits per heavy atom. The van der Waals surface area contributed by atoms with Gasteiger partial charge < -0.3 is 14.5 Å². The van der Waals surface area contributed by atoms with E-state index in [0.29, 0.717) is 0 Å². The van der Waals surface area contributed by atoms with Crippen LogP contribution in [-0.4, -0.2) is 32.5 Å². The van der Waals surface area contributed by atoms with E-state index in [2.05, 4.69) is 62.8 Å². The zero-order valence-electron chi connectivity index (χ0n) is 13.9. The van der Waals surface area contributed by atoms with Gasteiger partial charge in [-0.05, 0) is 43.3 Å². The molecule has 0 aromatic heterocycles. The molecule has 0 bridgehead atoms. The Labute approximate surface area is 147 Å². The normalized spacial score (nSPS) is 15.1. The van der Waals surface area contributed by atoms with E-state index >= 15 is 0 Å². The van der Waals surface area contributed by atoms with E-state index in [4.69, 9.17) is 5.14 Å². The molecule has 0 amide bonds. The number of hydrogen-bond donors (Lipinski definition) is 2. The summed E-state index contributed by atoms with van der Waals surface area (Å²) >= 11 is 1.03. The van der Waals surface area contributed by atoms with Gasteiger partial charge in [0.1, 0.15) is 0 Å². The first-order chi connectivity index (χ1) is 11.8. The highest BCUT2D eigenvalue weighted by Gasteiger charge is 2.17. The molecule has 1 fully saturated rings. The number of hydrogen-bond acceptors (Lipinski definition) is 5. The molecule has 3 rings (SSSR count). The van der Waals surface area contributed by atoms with Crippen LogP contribution in [0.5, 0.6) is 0 Å². The van der Waals surface area contributed by atoms with Crippen LogP contribution in [0.15, 0.2) is 53.5 Å². The third-order valence-electron chi connectivity index (χ3n) is 4.23. The zero-order valence-corrected chi connectivity index (χ0v) is 14.7. The summed E-state index contributed by atoms with van der Waals surface area (Å²) in [6.07, 6.45) is 1.60. The van der Waals surface area contributed by atoms with Crippen LogP contribution >= 0.6 is 12.1 Å². The molecule has 2 aromatic rings. The van der Waals surface area contributed by atoms with Crippen LogP contribution in [0.4, 0.5) is 17.1 Å². The third kappa shape index (κ3) is 4.21. The number of nitrogens with one attached hydrogen (secondary N) is 1. The third-order valence-corrected chi connectivity index (χ3v) is 4.47. The molecule has 0 aliphatic carbocycles. The maximum absolute atomic E-state index is 5.28. The Balaban J connectivity index is 1.57. The minimum Gasteiger partial charge on any atom is -0.368 e. The molecule has 0 atom stereocenters. The van der Waals surface area contributed by atoms with Crippen LogP contribution in [0, 0.1) is 6.92 Å². The molecule has 126 valence electrons. The first-order valence-electron chi connectivity index (χ1n) is 8.07. The lowest BCUT2D eigenvalue weighted by Gasteiger charge is -2.37. The van der Waals surface area contributed by atoms with Crippen molar-refractivity contribution < 1.29 is 0 Å². The van der Waals surface area contributed by atoms with Crippen molar-refractivity contribution in [1.82, 2.24) is 4.72 Å². The van der Waals surface area contributed by atoms with Gasteiger partial charge in [0.25, 0.3) is 0 Å². The summed E-state index contributed by atoms with van der Waals surface area (Å²) in [6.45, 7) is 6.27. The Morgan fingerprint density at radius 3 is 1.92 bits per heavy atom. The van der Waals surface area contributed by atoms with E-state index in [9.17, 15) is 0 Å². The molecule has 2 aromatic carbocycles. The minimum atomic E-state index is 0.915. The van der Waals surface area contributed by atoms with E-state index in [-0.39, 0.29) is 0 Å². The van der Waals surface area contributed by atoms with E-state index < -0.39 is 0 Å². The average molecular weight is 341 g/mol. The van der Waals surface area contributed by atoms with E-state index in [1.165, 1.54) is 16.9 Å². The van der Waals surface area contributed by atoms with Crippen LogP contribution in [-0.2, 0) is 0 Å². The summed E-state index contributed by atoms with van der Waals surface area (Å²) in [4.78, 5) is 9.15. The number of rotatable bonds is 5.